The molecule has 0 bridgehead atoms. The highest BCUT2D eigenvalue weighted by molar-refractivity contribution is 5.92. The number of nitrogens with two attached hydrogens (primary N) is 1. The molecule has 0 spiro atoms. The van der Waals surface area contributed by atoms with Gasteiger partial charge in [0.25, 0.3) is 0 Å². The van der Waals surface area contributed by atoms with Crippen LogP contribution in [-0.4, -0.2) is 18.2 Å². The first-order valence-electron chi connectivity index (χ1n) is 7.36. The van der Waals surface area contributed by atoms with Crippen LogP contribution in [0.2, 0.25) is 0 Å². The third kappa shape index (κ3) is 2.72. The molecular formula is C17H13F2NO6. The van der Waals surface area contributed by atoms with Crippen LogP contribution in [-0.2, 0) is 16.1 Å². The summed E-state index contributed by atoms with van der Waals surface area (Å²) in [7, 11) is 1.05. The molecule has 1 atom stereocenters. The minimum Gasteiger partial charge on any atom is -0.465 e. The number of hydrogen-bond acceptors (Lipinski definition) is 7. The smallest absolute Gasteiger partial charge is 0.340 e. The van der Waals surface area contributed by atoms with Crippen LogP contribution in [0.1, 0.15) is 23.0 Å². The van der Waals surface area contributed by atoms with E-state index in [1.54, 1.807) is 0 Å². The van der Waals surface area contributed by atoms with E-state index in [2.05, 4.69) is 4.74 Å². The van der Waals surface area contributed by atoms with E-state index in [4.69, 9.17) is 14.9 Å². The Kier molecular flexibility index (Phi) is 4.47. The Bertz CT molecular complexity index is 961. The van der Waals surface area contributed by atoms with Crippen LogP contribution in [0, 0.1) is 11.6 Å². The molecule has 1 aliphatic rings. The van der Waals surface area contributed by atoms with Crippen molar-refractivity contribution in [3.05, 3.63) is 74.7 Å². The Balaban J connectivity index is 2.39. The molecule has 7 nitrogen and oxygen atoms in total. The van der Waals surface area contributed by atoms with Crippen LogP contribution >= 0.6 is 0 Å². The number of halogens is 2. The first-order chi connectivity index (χ1) is 12.4. The minimum atomic E-state index is -1.54. The van der Waals surface area contributed by atoms with Crippen LogP contribution in [0.15, 0.2) is 44.9 Å². The number of carbonyl (C=O) groups is 1. The predicted molar refractivity (Wildman–Crippen MR) is 83.0 cm³/mol. The van der Waals surface area contributed by atoms with Gasteiger partial charge in [-0.1, -0.05) is 6.07 Å². The Morgan fingerprint density at radius 2 is 2.00 bits per heavy atom. The summed E-state index contributed by atoms with van der Waals surface area (Å²) in [5.74, 6) is -6.04. The molecule has 3 rings (SSSR count). The first-order valence-corrected chi connectivity index (χ1v) is 7.36. The average Bonchev–Trinajstić information content (AvgIpc) is 2.61. The van der Waals surface area contributed by atoms with Crippen LogP contribution in [0.4, 0.5) is 8.78 Å². The highest BCUT2D eigenvalue weighted by Crippen LogP contribution is 2.43. The lowest BCUT2D eigenvalue weighted by molar-refractivity contribution is -0.136. The van der Waals surface area contributed by atoms with Gasteiger partial charge in [0.2, 0.25) is 17.1 Å². The third-order valence-corrected chi connectivity index (χ3v) is 3.86. The molecular weight excluding hydrogens is 352 g/mol. The summed E-state index contributed by atoms with van der Waals surface area (Å²) >= 11 is 0. The molecule has 26 heavy (non-hydrogen) atoms. The third-order valence-electron chi connectivity index (χ3n) is 3.86. The maximum Gasteiger partial charge on any atom is 0.340 e. The van der Waals surface area contributed by atoms with Crippen LogP contribution < -0.4 is 15.9 Å². The fourth-order valence-electron chi connectivity index (χ4n) is 2.75. The molecule has 0 saturated heterocycles. The minimum absolute atomic E-state index is 0.177. The van der Waals surface area contributed by atoms with Gasteiger partial charge >= 0.3 is 5.97 Å². The van der Waals surface area contributed by atoms with E-state index in [-0.39, 0.29) is 11.5 Å². The largest absolute Gasteiger partial charge is 0.465 e. The summed E-state index contributed by atoms with van der Waals surface area (Å²) in [4.78, 5) is 24.4. The Hall–Kier alpha value is -3.20. The van der Waals surface area contributed by atoms with Crippen molar-refractivity contribution in [3.63, 3.8) is 0 Å². The van der Waals surface area contributed by atoms with Crippen molar-refractivity contribution in [1.29, 1.82) is 0 Å². The van der Waals surface area contributed by atoms with Crippen LogP contribution in [0.25, 0.3) is 0 Å². The molecule has 0 radical (unpaired) electrons. The molecule has 0 aliphatic carbocycles. The number of benzene rings is 1. The molecule has 0 amide bonds. The number of aliphatic hydroxyl groups is 1. The molecule has 1 aliphatic heterocycles. The van der Waals surface area contributed by atoms with E-state index in [0.717, 1.165) is 31.4 Å². The predicted octanol–water partition coefficient (Wildman–Crippen LogP) is 1.28. The number of fused-ring (bicyclic) bond motifs is 1. The maximum atomic E-state index is 14.4. The second-order valence-corrected chi connectivity index (χ2v) is 5.37. The molecule has 1 aromatic carbocycles. The molecule has 0 fully saturated rings. The fourth-order valence-corrected chi connectivity index (χ4v) is 2.75. The van der Waals surface area contributed by atoms with E-state index in [1.165, 1.54) is 0 Å². The first kappa shape index (κ1) is 17.6. The number of carbonyl (C=O) groups excluding carboxylic acids is 1. The highest BCUT2D eigenvalue weighted by atomic mass is 19.1. The lowest BCUT2D eigenvalue weighted by Gasteiger charge is -2.27. The summed E-state index contributed by atoms with van der Waals surface area (Å²) in [6, 6.07) is 4.04. The van der Waals surface area contributed by atoms with Crippen molar-refractivity contribution in [2.75, 3.05) is 7.11 Å². The Labute approximate surface area is 145 Å². The second kappa shape index (κ2) is 6.60. The van der Waals surface area contributed by atoms with Gasteiger partial charge in [0, 0.05) is 11.6 Å². The van der Waals surface area contributed by atoms with Gasteiger partial charge in [-0.25, -0.2) is 13.6 Å². The zero-order chi connectivity index (χ0) is 19.0. The number of rotatable bonds is 3. The molecule has 2 heterocycles. The van der Waals surface area contributed by atoms with Gasteiger partial charge in [0.1, 0.15) is 29.6 Å². The van der Waals surface area contributed by atoms with E-state index >= 15 is 0 Å². The number of hydrogen-bond donors (Lipinski definition) is 2. The summed E-state index contributed by atoms with van der Waals surface area (Å²) in [5.41, 5.74) is 3.99. The monoisotopic (exact) mass is 365 g/mol. The summed E-state index contributed by atoms with van der Waals surface area (Å²) < 4.78 is 44.0. The SMILES string of the molecule is COC(=O)C1=C(N)Oc2c(oc(CO)cc2=O)[C@@H]1c1c(F)cccc1F. The normalized spacial score (nSPS) is 16.1. The quantitative estimate of drug-likeness (QED) is 0.788. The number of aliphatic hydroxyl groups excluding tert-OH is 1. The van der Waals surface area contributed by atoms with Gasteiger partial charge in [-0.3, -0.25) is 4.79 Å². The maximum absolute atomic E-state index is 14.4. The van der Waals surface area contributed by atoms with Gasteiger partial charge in [-0.05, 0) is 12.1 Å². The fraction of sp³-hybridized carbons (Fsp3) is 0.176. The second-order valence-electron chi connectivity index (χ2n) is 5.37. The average molecular weight is 365 g/mol. The Morgan fingerprint density at radius 1 is 1.35 bits per heavy atom. The van der Waals surface area contributed by atoms with Gasteiger partial charge in [-0.15, -0.1) is 0 Å². The zero-order valence-electron chi connectivity index (χ0n) is 13.4. The van der Waals surface area contributed by atoms with Crippen molar-refractivity contribution in [2.24, 2.45) is 5.73 Å². The van der Waals surface area contributed by atoms with Gasteiger partial charge < -0.3 is 24.7 Å². The topological polar surface area (TPSA) is 112 Å². The van der Waals surface area contributed by atoms with E-state index in [1.807, 2.05) is 0 Å². The van der Waals surface area contributed by atoms with E-state index in [9.17, 15) is 23.5 Å². The molecule has 9 heteroatoms. The number of esters is 1. The lowest BCUT2D eigenvalue weighted by Crippen LogP contribution is -2.30. The summed E-state index contributed by atoms with van der Waals surface area (Å²) in [5, 5.41) is 9.25. The number of ether oxygens (including phenoxy) is 2. The van der Waals surface area contributed by atoms with Crippen LogP contribution in [0.5, 0.6) is 5.75 Å². The molecule has 136 valence electrons. The lowest BCUT2D eigenvalue weighted by atomic mass is 9.86. The highest BCUT2D eigenvalue weighted by Gasteiger charge is 2.41. The molecule has 2 aromatic rings. The van der Waals surface area contributed by atoms with Gasteiger partial charge in [0.05, 0.1) is 13.0 Å². The molecule has 0 saturated carbocycles. The zero-order valence-corrected chi connectivity index (χ0v) is 13.4. The number of methoxy groups -OCH3 is 1. The molecule has 0 unspecified atom stereocenters. The van der Waals surface area contributed by atoms with Crippen molar-refractivity contribution in [2.45, 2.75) is 12.5 Å². The van der Waals surface area contributed by atoms with Crippen molar-refractivity contribution < 1.29 is 32.6 Å². The molecule has 1 aromatic heterocycles. The van der Waals surface area contributed by atoms with Gasteiger partial charge in [0.15, 0.2) is 5.76 Å². The van der Waals surface area contributed by atoms with Crippen LogP contribution in [0.3, 0.4) is 0 Å². The Morgan fingerprint density at radius 3 is 2.58 bits per heavy atom. The van der Waals surface area contributed by atoms with E-state index < -0.39 is 58.3 Å². The standard InChI is InChI=1S/C17H13F2NO6/c1-24-17(23)13-12(11-8(18)3-2-4-9(11)19)15-14(26-16(13)20)10(22)5-7(6-21)25-15/h2-5,12,21H,6,20H2,1H3/t12-/m1/s1. The van der Waals surface area contributed by atoms with Crippen molar-refractivity contribution in [3.8, 4) is 5.75 Å². The van der Waals surface area contributed by atoms with Crippen molar-refractivity contribution in [1.82, 2.24) is 0 Å². The molecule has 3 N–H and O–H groups in total. The van der Waals surface area contributed by atoms with Gasteiger partial charge in [-0.2, -0.15) is 0 Å². The summed E-state index contributed by atoms with van der Waals surface area (Å²) in [6.07, 6.45) is 0. The van der Waals surface area contributed by atoms with Crippen molar-refractivity contribution >= 4 is 5.97 Å². The van der Waals surface area contributed by atoms with E-state index in [0.29, 0.717) is 0 Å². The summed E-state index contributed by atoms with van der Waals surface area (Å²) in [6.45, 7) is -0.651.